The lowest BCUT2D eigenvalue weighted by Crippen LogP contribution is -2.45. The van der Waals surface area contributed by atoms with Crippen molar-refractivity contribution in [2.45, 2.75) is 45.1 Å². The maximum Gasteiger partial charge on any atom is 0.260 e. The van der Waals surface area contributed by atoms with Crippen molar-refractivity contribution in [3.05, 3.63) is 40.1 Å². The number of aryl methyl sites for hydroxylation is 1. The van der Waals surface area contributed by atoms with Crippen LogP contribution in [0.3, 0.4) is 0 Å². The molecule has 0 bridgehead atoms. The van der Waals surface area contributed by atoms with Gasteiger partial charge in [-0.1, -0.05) is 0 Å². The van der Waals surface area contributed by atoms with Crippen molar-refractivity contribution in [1.82, 2.24) is 9.80 Å². The molecular formula is C23H29N5O5. The van der Waals surface area contributed by atoms with Gasteiger partial charge in [0, 0.05) is 35.6 Å². The average molecular weight is 456 g/mol. The smallest absolute Gasteiger partial charge is 0.260 e. The Morgan fingerprint density at radius 1 is 1.21 bits per heavy atom. The number of furan rings is 1. The molecule has 2 fully saturated rings. The minimum atomic E-state index is -0.749. The van der Waals surface area contributed by atoms with E-state index in [0.717, 1.165) is 55.5 Å². The van der Waals surface area contributed by atoms with Gasteiger partial charge in [0.15, 0.2) is 5.84 Å². The van der Waals surface area contributed by atoms with Crippen LogP contribution in [0.15, 0.2) is 33.7 Å². The number of fused-ring (bicyclic) bond motifs is 1. The van der Waals surface area contributed by atoms with Gasteiger partial charge in [-0.25, -0.2) is 0 Å². The molecule has 1 aromatic heterocycles. The largest absolute Gasteiger partial charge is 0.461 e. The summed E-state index contributed by atoms with van der Waals surface area (Å²) in [5, 5.41) is 15.2. The van der Waals surface area contributed by atoms with E-state index in [-0.39, 0.29) is 24.2 Å². The summed E-state index contributed by atoms with van der Waals surface area (Å²) in [6, 6.07) is 6.51. The number of amides is 2. The molecule has 176 valence electrons. The Balaban J connectivity index is 1.52. The van der Waals surface area contributed by atoms with Gasteiger partial charge in [0.25, 0.3) is 6.54 Å². The number of anilines is 1. The Kier molecular flexibility index (Phi) is 6.90. The normalized spacial score (nSPS) is 19.7. The topological polar surface area (TPSA) is 121 Å². The number of nitrogens with zero attached hydrogens (tertiary/aromatic N) is 4. The van der Waals surface area contributed by atoms with Crippen LogP contribution in [0.5, 0.6) is 0 Å². The molecule has 33 heavy (non-hydrogen) atoms. The Morgan fingerprint density at radius 3 is 2.73 bits per heavy atom. The first kappa shape index (κ1) is 22.8. The predicted molar refractivity (Wildman–Crippen MR) is 124 cm³/mol. The van der Waals surface area contributed by atoms with Crippen molar-refractivity contribution in [1.29, 1.82) is 0 Å². The highest BCUT2D eigenvalue weighted by molar-refractivity contribution is 5.99. The number of aliphatic imine (C=N–C) groups is 1. The van der Waals surface area contributed by atoms with Gasteiger partial charge in [-0.2, -0.15) is 0 Å². The Labute approximate surface area is 191 Å². The van der Waals surface area contributed by atoms with Crippen molar-refractivity contribution < 1.29 is 18.9 Å². The minimum absolute atomic E-state index is 0.0410. The quantitative estimate of drug-likeness (QED) is 0.309. The monoisotopic (exact) mass is 455 g/mol. The summed E-state index contributed by atoms with van der Waals surface area (Å²) in [6.45, 7) is 3.33. The van der Waals surface area contributed by atoms with E-state index in [2.05, 4.69) is 10.3 Å². The third-order valence-corrected chi connectivity index (χ3v) is 6.06. The van der Waals surface area contributed by atoms with Crippen LogP contribution in [0.4, 0.5) is 5.69 Å². The van der Waals surface area contributed by atoms with Crippen molar-refractivity contribution >= 4 is 34.3 Å². The average Bonchev–Trinajstić information content (AvgIpc) is 3.39. The number of carbonyl (C=O) groups excluding carboxylic acids is 2. The summed E-state index contributed by atoms with van der Waals surface area (Å²) in [5.41, 5.74) is 1.36. The number of rotatable bonds is 6. The number of hydrogen-bond donors (Lipinski definition) is 1. The molecule has 2 amide bonds. The zero-order valence-corrected chi connectivity index (χ0v) is 18.8. The number of likely N-dealkylation sites (tertiary alicyclic amines) is 2. The van der Waals surface area contributed by atoms with Gasteiger partial charge < -0.3 is 19.5 Å². The molecule has 2 saturated heterocycles. The van der Waals surface area contributed by atoms with Gasteiger partial charge >= 0.3 is 0 Å². The van der Waals surface area contributed by atoms with Gasteiger partial charge in [-0.05, 0) is 63.3 Å². The number of nitro groups is 1. The molecule has 0 spiro atoms. The highest BCUT2D eigenvalue weighted by atomic mass is 16.6. The molecule has 2 aromatic rings. The van der Waals surface area contributed by atoms with E-state index >= 15 is 0 Å². The first-order valence-corrected chi connectivity index (χ1v) is 11.4. The van der Waals surface area contributed by atoms with E-state index in [4.69, 9.17) is 4.42 Å². The number of nitrogens with one attached hydrogen (secondary N) is 1. The maximum absolute atomic E-state index is 13.2. The van der Waals surface area contributed by atoms with Crippen LogP contribution in [-0.4, -0.2) is 71.1 Å². The number of benzene rings is 1. The van der Waals surface area contributed by atoms with Gasteiger partial charge in [-0.15, -0.1) is 0 Å². The second-order valence-electron chi connectivity index (χ2n) is 8.66. The SMILES string of the molecule is Cc1cc2cc(NC(C[N+](=O)[O-])=NC3CCCCN(CC(=O)N4CCCC4)C3=O)ccc2o1. The fourth-order valence-corrected chi connectivity index (χ4v) is 4.43. The highest BCUT2D eigenvalue weighted by Crippen LogP contribution is 2.23. The lowest BCUT2D eigenvalue weighted by atomic mass is 10.1. The van der Waals surface area contributed by atoms with Gasteiger partial charge in [0.2, 0.25) is 11.8 Å². The first-order valence-electron chi connectivity index (χ1n) is 11.4. The maximum atomic E-state index is 13.2. The van der Waals surface area contributed by atoms with Crippen molar-refractivity contribution in [3.63, 3.8) is 0 Å². The molecule has 10 nitrogen and oxygen atoms in total. The van der Waals surface area contributed by atoms with Crippen LogP contribution < -0.4 is 5.32 Å². The van der Waals surface area contributed by atoms with E-state index < -0.39 is 17.5 Å². The third kappa shape index (κ3) is 5.68. The Morgan fingerprint density at radius 2 is 1.97 bits per heavy atom. The molecule has 1 unspecified atom stereocenters. The Hall–Kier alpha value is -3.43. The third-order valence-electron chi connectivity index (χ3n) is 6.06. The van der Waals surface area contributed by atoms with Crippen LogP contribution in [0.25, 0.3) is 11.0 Å². The van der Waals surface area contributed by atoms with Crippen LogP contribution in [0.1, 0.15) is 37.9 Å². The molecule has 0 radical (unpaired) electrons. The lowest BCUT2D eigenvalue weighted by molar-refractivity contribution is -0.463. The molecule has 2 aliphatic heterocycles. The number of carbonyl (C=O) groups is 2. The van der Waals surface area contributed by atoms with E-state index in [0.29, 0.717) is 18.7 Å². The fraction of sp³-hybridized carbons (Fsp3) is 0.522. The van der Waals surface area contributed by atoms with Crippen LogP contribution in [0, 0.1) is 17.0 Å². The second kappa shape index (κ2) is 10.0. The summed E-state index contributed by atoms with van der Waals surface area (Å²) in [4.78, 5) is 44.4. The lowest BCUT2D eigenvalue weighted by Gasteiger charge is -2.25. The van der Waals surface area contributed by atoms with E-state index in [1.54, 1.807) is 21.9 Å². The van der Waals surface area contributed by atoms with Crippen molar-refractivity contribution in [3.8, 4) is 0 Å². The molecule has 0 aliphatic carbocycles. The van der Waals surface area contributed by atoms with Crippen molar-refractivity contribution in [2.75, 3.05) is 38.0 Å². The second-order valence-corrected chi connectivity index (χ2v) is 8.66. The molecule has 2 aliphatic rings. The van der Waals surface area contributed by atoms with Crippen LogP contribution in [-0.2, 0) is 9.59 Å². The highest BCUT2D eigenvalue weighted by Gasteiger charge is 2.30. The molecule has 1 aromatic carbocycles. The molecule has 1 atom stereocenters. The van der Waals surface area contributed by atoms with E-state index in [1.807, 2.05) is 19.1 Å². The van der Waals surface area contributed by atoms with Crippen molar-refractivity contribution in [2.24, 2.45) is 4.99 Å². The molecular weight excluding hydrogens is 426 g/mol. The molecule has 4 rings (SSSR count). The fourth-order valence-electron chi connectivity index (χ4n) is 4.43. The number of hydrogen-bond acceptors (Lipinski definition) is 6. The first-order chi connectivity index (χ1) is 15.9. The van der Waals surface area contributed by atoms with Gasteiger partial charge in [0.1, 0.15) is 17.4 Å². The van der Waals surface area contributed by atoms with Gasteiger partial charge in [-0.3, -0.25) is 24.7 Å². The van der Waals surface area contributed by atoms with E-state index in [1.165, 1.54) is 0 Å². The van der Waals surface area contributed by atoms with Crippen LogP contribution >= 0.6 is 0 Å². The molecule has 3 heterocycles. The number of amidine groups is 1. The van der Waals surface area contributed by atoms with Crippen LogP contribution in [0.2, 0.25) is 0 Å². The standard InChI is InChI=1S/C23H29N5O5/c1-16-12-17-13-18(7-8-20(17)33-16)24-21(14-28(31)32)25-19-6-2-3-11-27(23(19)30)15-22(29)26-9-4-5-10-26/h7-8,12-13,19H,2-6,9-11,14-15H2,1H3,(H,24,25). The summed E-state index contributed by atoms with van der Waals surface area (Å²) in [7, 11) is 0. The summed E-state index contributed by atoms with van der Waals surface area (Å²) in [5.74, 6) is 0.598. The zero-order chi connectivity index (χ0) is 23.4. The molecule has 0 saturated carbocycles. The summed E-state index contributed by atoms with van der Waals surface area (Å²) in [6.07, 6.45) is 4.02. The summed E-state index contributed by atoms with van der Waals surface area (Å²) < 4.78 is 5.57. The van der Waals surface area contributed by atoms with Gasteiger partial charge in [0.05, 0.1) is 6.54 Å². The van der Waals surface area contributed by atoms with E-state index in [9.17, 15) is 19.7 Å². The summed E-state index contributed by atoms with van der Waals surface area (Å²) >= 11 is 0. The minimum Gasteiger partial charge on any atom is -0.461 e. The Bertz CT molecular complexity index is 1070. The zero-order valence-electron chi connectivity index (χ0n) is 18.8. The molecule has 1 N–H and O–H groups in total. The predicted octanol–water partition coefficient (Wildman–Crippen LogP) is 2.83. The molecule has 10 heteroatoms.